The normalized spacial score (nSPS) is 18.2. The molecule has 2 unspecified atom stereocenters. The molecule has 0 aromatic carbocycles. The van der Waals surface area contributed by atoms with E-state index in [9.17, 15) is 9.36 Å². The van der Waals surface area contributed by atoms with E-state index in [4.69, 9.17) is 10.00 Å². The minimum Gasteiger partial charge on any atom is -0.481 e. The number of hydrogen-bond acceptors (Lipinski definition) is 3. The van der Waals surface area contributed by atoms with Crippen LogP contribution >= 0.6 is 7.60 Å². The fourth-order valence-corrected chi connectivity index (χ4v) is 1.20. The highest BCUT2D eigenvalue weighted by molar-refractivity contribution is 7.51. The summed E-state index contributed by atoms with van der Waals surface area (Å²) in [4.78, 5) is 19.4. The van der Waals surface area contributed by atoms with Gasteiger partial charge in [0, 0.05) is 6.66 Å². The molecule has 0 aliphatic rings. The molecule has 0 radical (unpaired) electrons. The van der Waals surface area contributed by atoms with Crippen LogP contribution in [0.5, 0.6) is 0 Å². The molecule has 0 fully saturated rings. The lowest BCUT2D eigenvalue weighted by Crippen LogP contribution is -2.24. The number of carbonyl (C=O) groups is 1. The van der Waals surface area contributed by atoms with Gasteiger partial charge in [-0.3, -0.25) is 9.36 Å². The molecule has 2 N–H and O–H groups in total. The Morgan fingerprint density at radius 1 is 1.54 bits per heavy atom. The Bertz CT molecular complexity index is 219. The number of carboxylic acid groups (broad SMARTS) is 1. The van der Waals surface area contributed by atoms with Gasteiger partial charge in [-0.2, -0.15) is 0 Å². The van der Waals surface area contributed by atoms with Crippen molar-refractivity contribution in [3.8, 4) is 0 Å². The lowest BCUT2D eigenvalue weighted by molar-refractivity contribution is -0.144. The van der Waals surface area contributed by atoms with Crippen molar-refractivity contribution < 1.29 is 23.9 Å². The summed E-state index contributed by atoms with van der Waals surface area (Å²) in [6.07, 6.45) is 0. The van der Waals surface area contributed by atoms with Gasteiger partial charge in [0.2, 0.25) is 0 Å². The maximum Gasteiger partial charge on any atom is 0.325 e. The highest BCUT2D eigenvalue weighted by atomic mass is 31.2. The number of aliphatic carboxylic acids is 1. The Labute approximate surface area is 77.3 Å². The molecular weight excluding hydrogens is 195 g/mol. The predicted molar refractivity (Wildman–Crippen MR) is 47.7 cm³/mol. The summed E-state index contributed by atoms with van der Waals surface area (Å²) in [5, 5.41) is 8.69. The molecular formula is C7H15O5P. The largest absolute Gasteiger partial charge is 0.481 e. The molecule has 0 aromatic heterocycles. The minimum atomic E-state index is -3.56. The third-order valence-electron chi connectivity index (χ3n) is 1.62. The van der Waals surface area contributed by atoms with Gasteiger partial charge >= 0.3 is 13.6 Å². The van der Waals surface area contributed by atoms with Crippen LogP contribution in [0.15, 0.2) is 0 Å². The van der Waals surface area contributed by atoms with E-state index in [1.54, 1.807) is 13.8 Å². The summed E-state index contributed by atoms with van der Waals surface area (Å²) >= 11 is 0. The standard InChI is InChI=1S/C7H15O5P/c1-5(2)6(7(8)9)4-12-13(3,10)11/h5-6H,4H2,1-3H3,(H,8,9)(H,10,11). The molecule has 78 valence electrons. The van der Waals surface area contributed by atoms with E-state index in [0.717, 1.165) is 6.66 Å². The molecule has 0 saturated carbocycles. The van der Waals surface area contributed by atoms with Gasteiger partial charge in [-0.15, -0.1) is 0 Å². The van der Waals surface area contributed by atoms with Crippen LogP contribution in [0, 0.1) is 11.8 Å². The molecule has 0 rings (SSSR count). The predicted octanol–water partition coefficient (Wildman–Crippen LogP) is 1.17. The van der Waals surface area contributed by atoms with E-state index in [0.29, 0.717) is 0 Å². The molecule has 13 heavy (non-hydrogen) atoms. The maximum absolute atomic E-state index is 10.7. The van der Waals surface area contributed by atoms with Gasteiger partial charge in [0.25, 0.3) is 0 Å². The first-order valence-corrected chi connectivity index (χ1v) is 5.94. The van der Waals surface area contributed by atoms with Gasteiger partial charge in [0.05, 0.1) is 12.5 Å². The molecule has 0 aliphatic heterocycles. The van der Waals surface area contributed by atoms with Crippen molar-refractivity contribution in [3.05, 3.63) is 0 Å². The van der Waals surface area contributed by atoms with Crippen LogP contribution in [0.3, 0.4) is 0 Å². The Kier molecular flexibility index (Phi) is 4.61. The van der Waals surface area contributed by atoms with Gasteiger partial charge in [-0.1, -0.05) is 13.8 Å². The van der Waals surface area contributed by atoms with Crippen molar-refractivity contribution in [2.75, 3.05) is 13.3 Å². The van der Waals surface area contributed by atoms with Crippen molar-refractivity contribution in [2.24, 2.45) is 11.8 Å². The zero-order valence-corrected chi connectivity index (χ0v) is 8.82. The number of carboxylic acids is 1. The molecule has 5 nitrogen and oxygen atoms in total. The SMILES string of the molecule is CC(C)C(COP(C)(=O)O)C(=O)O. The third-order valence-corrected chi connectivity index (χ3v) is 2.24. The van der Waals surface area contributed by atoms with E-state index < -0.39 is 19.5 Å². The van der Waals surface area contributed by atoms with E-state index in [-0.39, 0.29) is 12.5 Å². The molecule has 0 bridgehead atoms. The van der Waals surface area contributed by atoms with Crippen molar-refractivity contribution in [1.29, 1.82) is 0 Å². The van der Waals surface area contributed by atoms with Crippen molar-refractivity contribution >= 4 is 13.6 Å². The zero-order chi connectivity index (χ0) is 10.6. The van der Waals surface area contributed by atoms with Gasteiger partial charge in [0.15, 0.2) is 0 Å². The Morgan fingerprint density at radius 2 is 2.00 bits per heavy atom. The fraction of sp³-hybridized carbons (Fsp3) is 0.857. The fourth-order valence-electron chi connectivity index (χ4n) is 0.767. The van der Waals surface area contributed by atoms with Gasteiger partial charge in [0.1, 0.15) is 0 Å². The summed E-state index contributed by atoms with van der Waals surface area (Å²) < 4.78 is 15.2. The van der Waals surface area contributed by atoms with Crippen molar-refractivity contribution in [1.82, 2.24) is 0 Å². The van der Waals surface area contributed by atoms with Crippen LogP contribution < -0.4 is 0 Å². The average molecular weight is 210 g/mol. The summed E-state index contributed by atoms with van der Waals surface area (Å²) in [5.41, 5.74) is 0. The maximum atomic E-state index is 10.7. The second-order valence-electron chi connectivity index (χ2n) is 3.29. The Morgan fingerprint density at radius 3 is 2.23 bits per heavy atom. The molecule has 0 heterocycles. The van der Waals surface area contributed by atoms with E-state index >= 15 is 0 Å². The smallest absolute Gasteiger partial charge is 0.325 e. The van der Waals surface area contributed by atoms with E-state index in [1.807, 2.05) is 0 Å². The van der Waals surface area contributed by atoms with Crippen LogP contribution in [0.1, 0.15) is 13.8 Å². The average Bonchev–Trinajstić information content (AvgIpc) is 1.82. The monoisotopic (exact) mass is 210 g/mol. The summed E-state index contributed by atoms with van der Waals surface area (Å²) in [5.74, 6) is -1.87. The lowest BCUT2D eigenvalue weighted by atomic mass is 9.97. The topological polar surface area (TPSA) is 83.8 Å². The minimum absolute atomic E-state index is 0.121. The number of rotatable bonds is 5. The second kappa shape index (κ2) is 4.74. The first kappa shape index (κ1) is 12.6. The quantitative estimate of drug-likeness (QED) is 0.665. The van der Waals surface area contributed by atoms with Crippen LogP contribution in [0.25, 0.3) is 0 Å². The van der Waals surface area contributed by atoms with Crippen LogP contribution in [-0.2, 0) is 13.9 Å². The summed E-state index contributed by atoms with van der Waals surface area (Å²) in [6, 6.07) is 0. The van der Waals surface area contributed by atoms with Gasteiger partial charge in [-0.05, 0) is 5.92 Å². The van der Waals surface area contributed by atoms with Crippen LogP contribution in [-0.4, -0.2) is 29.2 Å². The van der Waals surface area contributed by atoms with Crippen LogP contribution in [0.4, 0.5) is 0 Å². The Balaban J connectivity index is 4.14. The summed E-state index contributed by atoms with van der Waals surface area (Å²) in [7, 11) is -3.56. The molecule has 0 saturated heterocycles. The molecule has 6 heteroatoms. The third kappa shape index (κ3) is 5.80. The molecule has 0 aliphatic carbocycles. The van der Waals surface area contributed by atoms with Crippen LogP contribution in [0.2, 0.25) is 0 Å². The Hall–Kier alpha value is -0.380. The first-order valence-electron chi connectivity index (χ1n) is 3.91. The molecule has 2 atom stereocenters. The zero-order valence-electron chi connectivity index (χ0n) is 7.93. The summed E-state index contributed by atoms with van der Waals surface area (Å²) in [6.45, 7) is 4.25. The molecule has 0 aromatic rings. The molecule has 0 amide bonds. The second-order valence-corrected chi connectivity index (χ2v) is 5.15. The van der Waals surface area contributed by atoms with E-state index in [2.05, 4.69) is 4.52 Å². The first-order chi connectivity index (χ1) is 5.74. The number of hydrogen-bond donors (Lipinski definition) is 2. The highest BCUT2D eigenvalue weighted by Gasteiger charge is 2.24. The highest BCUT2D eigenvalue weighted by Crippen LogP contribution is 2.37. The van der Waals surface area contributed by atoms with E-state index in [1.165, 1.54) is 0 Å². The van der Waals surface area contributed by atoms with Crippen molar-refractivity contribution in [2.45, 2.75) is 13.8 Å². The lowest BCUT2D eigenvalue weighted by Gasteiger charge is -2.16. The molecule has 0 spiro atoms. The van der Waals surface area contributed by atoms with Gasteiger partial charge < -0.3 is 14.5 Å². The van der Waals surface area contributed by atoms with Gasteiger partial charge in [-0.25, -0.2) is 0 Å². The van der Waals surface area contributed by atoms with Crippen molar-refractivity contribution in [3.63, 3.8) is 0 Å².